The first-order valence-electron chi connectivity index (χ1n) is 9.55. The van der Waals surface area contributed by atoms with E-state index in [4.69, 9.17) is 10.5 Å². The molecule has 4 rings (SSSR count). The van der Waals surface area contributed by atoms with Crippen molar-refractivity contribution in [3.05, 3.63) is 102 Å². The summed E-state index contributed by atoms with van der Waals surface area (Å²) >= 11 is 0. The SMILES string of the molecule is Cl.Nc1cccc2c(S(=O)(=O)NCc3cccc(OCc4ccccc4)c3)cccc12. The van der Waals surface area contributed by atoms with Crippen molar-refractivity contribution in [3.63, 3.8) is 0 Å². The fourth-order valence-corrected chi connectivity index (χ4v) is 4.52. The minimum atomic E-state index is -3.72. The van der Waals surface area contributed by atoms with Gasteiger partial charge >= 0.3 is 0 Å². The van der Waals surface area contributed by atoms with Crippen LogP contribution in [0.25, 0.3) is 10.8 Å². The standard InChI is InChI=1S/C24H22N2O3S.ClH/c25-23-13-5-12-22-21(23)11-6-14-24(22)30(27,28)26-16-19-9-4-10-20(15-19)29-17-18-7-2-1-3-8-18;/h1-15,26H,16-17,25H2;1H. The number of benzene rings is 4. The van der Waals surface area contributed by atoms with Crippen LogP contribution in [0.1, 0.15) is 11.1 Å². The lowest BCUT2D eigenvalue weighted by Crippen LogP contribution is -2.23. The van der Waals surface area contributed by atoms with Gasteiger partial charge in [-0.3, -0.25) is 0 Å². The maximum Gasteiger partial charge on any atom is 0.241 e. The van der Waals surface area contributed by atoms with Crippen molar-refractivity contribution in [2.45, 2.75) is 18.0 Å². The molecule has 0 saturated carbocycles. The number of hydrogen-bond acceptors (Lipinski definition) is 4. The number of halogens is 1. The summed E-state index contributed by atoms with van der Waals surface area (Å²) in [6.45, 7) is 0.608. The molecule has 0 spiro atoms. The van der Waals surface area contributed by atoms with Crippen LogP contribution in [0.3, 0.4) is 0 Å². The molecule has 4 aromatic rings. The summed E-state index contributed by atoms with van der Waals surface area (Å²) in [6.07, 6.45) is 0. The van der Waals surface area contributed by atoms with Crippen LogP contribution in [0, 0.1) is 0 Å². The van der Waals surface area contributed by atoms with E-state index in [9.17, 15) is 8.42 Å². The molecule has 0 saturated heterocycles. The number of nitrogens with one attached hydrogen (secondary N) is 1. The average molecular weight is 455 g/mol. The number of nitrogen functional groups attached to an aromatic ring is 1. The summed E-state index contributed by atoms with van der Waals surface area (Å²) in [5.41, 5.74) is 8.42. The van der Waals surface area contributed by atoms with E-state index in [2.05, 4.69) is 4.72 Å². The van der Waals surface area contributed by atoms with Crippen LogP contribution in [0.5, 0.6) is 5.75 Å². The summed E-state index contributed by atoms with van der Waals surface area (Å²) in [7, 11) is -3.72. The molecule has 0 bridgehead atoms. The molecule has 0 fully saturated rings. The Kier molecular flexibility index (Phi) is 7.17. The zero-order valence-electron chi connectivity index (χ0n) is 16.7. The predicted molar refractivity (Wildman–Crippen MR) is 127 cm³/mol. The number of hydrogen-bond donors (Lipinski definition) is 2. The van der Waals surface area contributed by atoms with Gasteiger partial charge in [-0.1, -0.05) is 66.7 Å². The summed E-state index contributed by atoms with van der Waals surface area (Å²) < 4.78 is 34.4. The number of nitrogens with two attached hydrogens (primary N) is 1. The highest BCUT2D eigenvalue weighted by Crippen LogP contribution is 2.27. The van der Waals surface area contributed by atoms with Gasteiger partial charge in [0.25, 0.3) is 0 Å². The normalized spacial score (nSPS) is 11.1. The van der Waals surface area contributed by atoms with E-state index in [1.165, 1.54) is 0 Å². The van der Waals surface area contributed by atoms with E-state index < -0.39 is 10.0 Å². The lowest BCUT2D eigenvalue weighted by molar-refractivity contribution is 0.306. The van der Waals surface area contributed by atoms with Crippen molar-refractivity contribution < 1.29 is 13.2 Å². The van der Waals surface area contributed by atoms with Crippen LogP contribution in [-0.2, 0) is 23.2 Å². The summed E-state index contributed by atoms with van der Waals surface area (Å²) in [5.74, 6) is 0.688. The van der Waals surface area contributed by atoms with Crippen LogP contribution in [0.15, 0.2) is 95.9 Å². The second kappa shape index (κ2) is 9.83. The Labute approximate surface area is 188 Å². The van der Waals surface area contributed by atoms with Gasteiger partial charge in [-0.05, 0) is 35.4 Å². The van der Waals surface area contributed by atoms with Crippen molar-refractivity contribution in [2.75, 3.05) is 5.73 Å². The van der Waals surface area contributed by atoms with E-state index in [1.54, 1.807) is 30.3 Å². The molecule has 7 heteroatoms. The van der Waals surface area contributed by atoms with Crippen molar-refractivity contribution >= 4 is 38.9 Å². The van der Waals surface area contributed by atoms with Crippen LogP contribution in [0.4, 0.5) is 5.69 Å². The third-order valence-corrected chi connectivity index (χ3v) is 6.28. The lowest BCUT2D eigenvalue weighted by atomic mass is 10.1. The molecule has 5 nitrogen and oxygen atoms in total. The number of ether oxygens (including phenoxy) is 1. The van der Waals surface area contributed by atoms with Crippen LogP contribution in [-0.4, -0.2) is 8.42 Å². The fraction of sp³-hybridized carbons (Fsp3) is 0.0833. The molecule has 0 amide bonds. The Bertz CT molecular complexity index is 1280. The third-order valence-electron chi connectivity index (χ3n) is 4.82. The van der Waals surface area contributed by atoms with Gasteiger partial charge in [0.2, 0.25) is 10.0 Å². The minimum Gasteiger partial charge on any atom is -0.489 e. The average Bonchev–Trinajstić information content (AvgIpc) is 2.77. The van der Waals surface area contributed by atoms with E-state index in [-0.39, 0.29) is 23.8 Å². The molecule has 31 heavy (non-hydrogen) atoms. The summed E-state index contributed by atoms with van der Waals surface area (Å²) in [5, 5.41) is 1.32. The van der Waals surface area contributed by atoms with Gasteiger partial charge in [0, 0.05) is 23.0 Å². The molecule has 0 radical (unpaired) electrons. The second-order valence-corrected chi connectivity index (χ2v) is 8.68. The van der Waals surface area contributed by atoms with Gasteiger partial charge < -0.3 is 10.5 Å². The number of sulfonamides is 1. The van der Waals surface area contributed by atoms with Crippen LogP contribution >= 0.6 is 12.4 Å². The number of rotatable bonds is 7. The lowest BCUT2D eigenvalue weighted by Gasteiger charge is -2.12. The highest BCUT2D eigenvalue weighted by molar-refractivity contribution is 7.89. The molecule has 4 aromatic carbocycles. The second-order valence-electron chi connectivity index (χ2n) is 6.94. The number of fused-ring (bicyclic) bond motifs is 1. The topological polar surface area (TPSA) is 81.4 Å². The maximum atomic E-state index is 12.9. The molecular weight excluding hydrogens is 432 g/mol. The Morgan fingerprint density at radius 2 is 1.45 bits per heavy atom. The maximum absolute atomic E-state index is 12.9. The van der Waals surface area contributed by atoms with Gasteiger partial charge in [0.1, 0.15) is 12.4 Å². The highest BCUT2D eigenvalue weighted by atomic mass is 35.5. The first-order chi connectivity index (χ1) is 14.5. The molecule has 0 unspecified atom stereocenters. The van der Waals surface area contributed by atoms with Crippen molar-refractivity contribution in [3.8, 4) is 5.75 Å². The summed E-state index contributed by atoms with van der Waals surface area (Å²) in [4.78, 5) is 0.212. The number of anilines is 1. The largest absolute Gasteiger partial charge is 0.489 e. The first-order valence-corrected chi connectivity index (χ1v) is 11.0. The smallest absolute Gasteiger partial charge is 0.241 e. The third kappa shape index (κ3) is 5.35. The van der Waals surface area contributed by atoms with Gasteiger partial charge in [0.15, 0.2) is 0 Å². The molecule has 0 aliphatic carbocycles. The highest BCUT2D eigenvalue weighted by Gasteiger charge is 2.17. The van der Waals surface area contributed by atoms with Gasteiger partial charge in [-0.25, -0.2) is 13.1 Å². The Morgan fingerprint density at radius 1 is 0.774 bits per heavy atom. The molecule has 0 aromatic heterocycles. The Balaban J connectivity index is 0.00000272. The van der Waals surface area contributed by atoms with E-state index in [0.29, 0.717) is 23.4 Å². The minimum absolute atomic E-state index is 0. The predicted octanol–water partition coefficient (Wildman–Crippen LogP) is 4.90. The molecule has 0 atom stereocenters. The van der Waals surface area contributed by atoms with Crippen molar-refractivity contribution in [1.29, 1.82) is 0 Å². The summed E-state index contributed by atoms with van der Waals surface area (Å²) in [6, 6.07) is 27.7. The molecule has 0 aliphatic heterocycles. The van der Waals surface area contributed by atoms with Gasteiger partial charge in [-0.15, -0.1) is 12.4 Å². The monoisotopic (exact) mass is 454 g/mol. The first kappa shape index (κ1) is 22.6. The zero-order chi connectivity index (χ0) is 21.0. The van der Waals surface area contributed by atoms with Crippen LogP contribution in [0.2, 0.25) is 0 Å². The zero-order valence-corrected chi connectivity index (χ0v) is 18.3. The van der Waals surface area contributed by atoms with E-state index >= 15 is 0 Å². The molecular formula is C24H23ClN2O3S. The van der Waals surface area contributed by atoms with Crippen LogP contribution < -0.4 is 15.2 Å². The molecule has 160 valence electrons. The van der Waals surface area contributed by atoms with Crippen molar-refractivity contribution in [2.24, 2.45) is 0 Å². The van der Waals surface area contributed by atoms with Gasteiger partial charge in [-0.2, -0.15) is 0 Å². The van der Waals surface area contributed by atoms with Gasteiger partial charge in [0.05, 0.1) is 4.90 Å². The molecule has 0 aliphatic rings. The van der Waals surface area contributed by atoms with E-state index in [1.807, 2.05) is 60.7 Å². The quantitative estimate of drug-likeness (QED) is 0.389. The Hall–Kier alpha value is -3.06. The molecule has 0 heterocycles. The van der Waals surface area contributed by atoms with E-state index in [0.717, 1.165) is 16.5 Å². The fourth-order valence-electron chi connectivity index (χ4n) is 3.28. The Morgan fingerprint density at radius 3 is 2.26 bits per heavy atom. The van der Waals surface area contributed by atoms with Crippen molar-refractivity contribution in [1.82, 2.24) is 4.72 Å². The molecule has 3 N–H and O–H groups in total.